The minimum absolute atomic E-state index is 0.00393. The van der Waals surface area contributed by atoms with Crippen LogP contribution in [-0.4, -0.2) is 25.7 Å². The Morgan fingerprint density at radius 1 is 1.16 bits per heavy atom. The molecule has 1 heterocycles. The van der Waals surface area contributed by atoms with Gasteiger partial charge in [-0.3, -0.25) is 4.79 Å². The van der Waals surface area contributed by atoms with Gasteiger partial charge in [-0.2, -0.15) is 0 Å². The maximum absolute atomic E-state index is 11.9. The summed E-state index contributed by atoms with van der Waals surface area (Å²) < 4.78 is 16.4. The normalized spacial score (nSPS) is 11.8. The Balaban J connectivity index is 1.87. The van der Waals surface area contributed by atoms with Crippen molar-refractivity contribution in [3.05, 3.63) is 47.9 Å². The number of carbonyl (C=O) groups is 1. The summed E-state index contributed by atoms with van der Waals surface area (Å²) in [5.74, 6) is 2.10. The second kappa shape index (κ2) is 9.74. The lowest BCUT2D eigenvalue weighted by atomic mass is 10.1. The number of amides is 1. The molecule has 2 rings (SSSR count). The first-order valence-corrected chi connectivity index (χ1v) is 8.56. The van der Waals surface area contributed by atoms with Crippen molar-refractivity contribution in [3.63, 3.8) is 0 Å². The first-order chi connectivity index (χ1) is 12.1. The molecule has 0 unspecified atom stereocenters. The van der Waals surface area contributed by atoms with E-state index in [4.69, 9.17) is 13.9 Å². The lowest BCUT2D eigenvalue weighted by Crippen LogP contribution is -2.34. The van der Waals surface area contributed by atoms with Crippen molar-refractivity contribution >= 4 is 5.91 Å². The molecule has 6 heteroatoms. The second-order valence-electron chi connectivity index (χ2n) is 5.53. The van der Waals surface area contributed by atoms with Gasteiger partial charge in [-0.25, -0.2) is 0 Å². The molecule has 1 amide bonds. The molecule has 0 aliphatic carbocycles. The number of rotatable bonds is 10. The van der Waals surface area contributed by atoms with Crippen LogP contribution in [0.15, 0.2) is 41.0 Å². The smallest absolute Gasteiger partial charge is 0.234 e. The summed E-state index contributed by atoms with van der Waals surface area (Å²) >= 11 is 0. The highest BCUT2D eigenvalue weighted by atomic mass is 16.5. The molecule has 0 saturated carbocycles. The van der Waals surface area contributed by atoms with Crippen molar-refractivity contribution < 1.29 is 18.7 Å². The van der Waals surface area contributed by atoms with E-state index in [1.807, 2.05) is 45.0 Å². The maximum atomic E-state index is 11.9. The first-order valence-electron chi connectivity index (χ1n) is 8.56. The van der Waals surface area contributed by atoms with Crippen LogP contribution in [-0.2, 0) is 11.3 Å². The van der Waals surface area contributed by atoms with Gasteiger partial charge in [0.1, 0.15) is 5.76 Å². The van der Waals surface area contributed by atoms with Crippen LogP contribution in [0.5, 0.6) is 11.5 Å². The van der Waals surface area contributed by atoms with E-state index in [9.17, 15) is 4.79 Å². The average Bonchev–Trinajstić information content (AvgIpc) is 3.13. The Labute approximate surface area is 148 Å². The van der Waals surface area contributed by atoms with Gasteiger partial charge in [-0.05, 0) is 50.6 Å². The van der Waals surface area contributed by atoms with Crippen LogP contribution < -0.4 is 20.1 Å². The Morgan fingerprint density at radius 2 is 1.92 bits per heavy atom. The van der Waals surface area contributed by atoms with E-state index in [0.717, 1.165) is 22.8 Å². The summed E-state index contributed by atoms with van der Waals surface area (Å²) in [5, 5.41) is 6.02. The molecule has 1 aromatic carbocycles. The van der Waals surface area contributed by atoms with Crippen molar-refractivity contribution in [2.24, 2.45) is 0 Å². The summed E-state index contributed by atoms with van der Waals surface area (Å²) in [6.07, 6.45) is 1.59. The monoisotopic (exact) mass is 346 g/mol. The predicted octanol–water partition coefficient (Wildman–Crippen LogP) is 3.04. The number of hydrogen-bond donors (Lipinski definition) is 2. The van der Waals surface area contributed by atoms with E-state index in [2.05, 4.69) is 10.6 Å². The number of benzene rings is 1. The SMILES string of the molecule is CCOc1ccc([C@@H](C)NCC(=O)NCc2ccco2)cc1OCC. The largest absolute Gasteiger partial charge is 0.490 e. The van der Waals surface area contributed by atoms with E-state index in [-0.39, 0.29) is 18.5 Å². The molecule has 2 N–H and O–H groups in total. The number of carbonyl (C=O) groups excluding carboxylic acids is 1. The van der Waals surface area contributed by atoms with Crippen LogP contribution in [0.1, 0.15) is 38.1 Å². The number of nitrogens with one attached hydrogen (secondary N) is 2. The van der Waals surface area contributed by atoms with Crippen LogP contribution >= 0.6 is 0 Å². The Hall–Kier alpha value is -2.47. The molecule has 25 heavy (non-hydrogen) atoms. The molecule has 0 radical (unpaired) electrons. The second-order valence-corrected chi connectivity index (χ2v) is 5.53. The van der Waals surface area contributed by atoms with Gasteiger partial charge in [-0.1, -0.05) is 6.07 Å². The van der Waals surface area contributed by atoms with Gasteiger partial charge >= 0.3 is 0 Å². The highest BCUT2D eigenvalue weighted by Gasteiger charge is 2.12. The van der Waals surface area contributed by atoms with Crippen molar-refractivity contribution in [1.29, 1.82) is 0 Å². The zero-order valence-electron chi connectivity index (χ0n) is 15.0. The number of furan rings is 1. The van der Waals surface area contributed by atoms with Gasteiger partial charge in [0.25, 0.3) is 0 Å². The Morgan fingerprint density at radius 3 is 2.60 bits per heavy atom. The number of hydrogen-bond acceptors (Lipinski definition) is 5. The van der Waals surface area contributed by atoms with Crippen LogP contribution in [0.3, 0.4) is 0 Å². The molecule has 1 aromatic heterocycles. The summed E-state index contributed by atoms with van der Waals surface area (Å²) in [6.45, 7) is 7.65. The van der Waals surface area contributed by atoms with Crippen LogP contribution in [0.4, 0.5) is 0 Å². The Bertz CT molecular complexity index is 655. The molecular formula is C19H26N2O4. The van der Waals surface area contributed by atoms with E-state index in [1.165, 1.54) is 0 Å². The van der Waals surface area contributed by atoms with Gasteiger partial charge < -0.3 is 24.5 Å². The molecular weight excluding hydrogens is 320 g/mol. The van der Waals surface area contributed by atoms with Gasteiger partial charge in [0.2, 0.25) is 5.91 Å². The van der Waals surface area contributed by atoms with Gasteiger partial charge in [-0.15, -0.1) is 0 Å². The van der Waals surface area contributed by atoms with E-state index < -0.39 is 0 Å². The molecule has 0 spiro atoms. The fourth-order valence-electron chi connectivity index (χ4n) is 2.36. The topological polar surface area (TPSA) is 72.7 Å². The summed E-state index contributed by atoms with van der Waals surface area (Å²) in [4.78, 5) is 11.9. The molecule has 0 saturated heterocycles. The van der Waals surface area contributed by atoms with E-state index in [0.29, 0.717) is 19.8 Å². The summed E-state index contributed by atoms with van der Waals surface area (Å²) in [7, 11) is 0. The van der Waals surface area contributed by atoms with Crippen molar-refractivity contribution in [2.45, 2.75) is 33.4 Å². The quantitative estimate of drug-likeness (QED) is 0.692. The van der Waals surface area contributed by atoms with Gasteiger partial charge in [0.05, 0.1) is 32.6 Å². The zero-order valence-corrected chi connectivity index (χ0v) is 15.0. The number of ether oxygens (including phenoxy) is 2. The highest BCUT2D eigenvalue weighted by Crippen LogP contribution is 2.30. The molecule has 2 aromatic rings. The fourth-order valence-corrected chi connectivity index (χ4v) is 2.36. The molecule has 6 nitrogen and oxygen atoms in total. The molecule has 0 bridgehead atoms. The average molecular weight is 346 g/mol. The van der Waals surface area contributed by atoms with E-state index >= 15 is 0 Å². The minimum atomic E-state index is -0.0841. The highest BCUT2D eigenvalue weighted by molar-refractivity contribution is 5.77. The van der Waals surface area contributed by atoms with Crippen LogP contribution in [0, 0.1) is 0 Å². The van der Waals surface area contributed by atoms with Crippen LogP contribution in [0.2, 0.25) is 0 Å². The molecule has 1 atom stereocenters. The molecule has 0 fully saturated rings. The van der Waals surface area contributed by atoms with Gasteiger partial charge in [0, 0.05) is 6.04 Å². The zero-order chi connectivity index (χ0) is 18.1. The standard InChI is InChI=1S/C19H26N2O4/c1-4-23-17-9-8-15(11-18(17)24-5-2)14(3)20-13-19(22)21-12-16-7-6-10-25-16/h6-11,14,20H,4-5,12-13H2,1-3H3,(H,21,22)/t14-/m1/s1. The fraction of sp³-hybridized carbons (Fsp3) is 0.421. The molecule has 136 valence electrons. The van der Waals surface area contributed by atoms with Crippen molar-refractivity contribution in [1.82, 2.24) is 10.6 Å². The van der Waals surface area contributed by atoms with E-state index in [1.54, 1.807) is 12.3 Å². The predicted molar refractivity (Wildman–Crippen MR) is 95.8 cm³/mol. The van der Waals surface area contributed by atoms with Crippen molar-refractivity contribution in [3.8, 4) is 11.5 Å². The summed E-state index contributed by atoms with van der Waals surface area (Å²) in [5.41, 5.74) is 1.03. The summed E-state index contributed by atoms with van der Waals surface area (Å²) in [6, 6.07) is 9.46. The Kier molecular flexibility index (Phi) is 7.35. The molecule has 0 aliphatic heterocycles. The van der Waals surface area contributed by atoms with Crippen LogP contribution in [0.25, 0.3) is 0 Å². The lowest BCUT2D eigenvalue weighted by molar-refractivity contribution is -0.120. The minimum Gasteiger partial charge on any atom is -0.490 e. The first kappa shape index (κ1) is 18.9. The lowest BCUT2D eigenvalue weighted by Gasteiger charge is -2.17. The van der Waals surface area contributed by atoms with Crippen molar-refractivity contribution in [2.75, 3.05) is 19.8 Å². The third-order valence-electron chi connectivity index (χ3n) is 3.68. The molecule has 0 aliphatic rings. The van der Waals surface area contributed by atoms with Gasteiger partial charge in [0.15, 0.2) is 11.5 Å². The third kappa shape index (κ3) is 5.83. The third-order valence-corrected chi connectivity index (χ3v) is 3.68. The maximum Gasteiger partial charge on any atom is 0.234 e.